The summed E-state index contributed by atoms with van der Waals surface area (Å²) in [7, 11) is 0. The van der Waals surface area contributed by atoms with Crippen LogP contribution in [0, 0.1) is 5.41 Å². The molecule has 0 aliphatic heterocycles. The summed E-state index contributed by atoms with van der Waals surface area (Å²) in [5, 5.41) is 4.47. The zero-order chi connectivity index (χ0) is 13.7. The minimum Gasteiger partial charge on any atom is -0.299 e. The van der Waals surface area contributed by atoms with Gasteiger partial charge in [0.1, 0.15) is 5.78 Å². The summed E-state index contributed by atoms with van der Waals surface area (Å²) in [4.78, 5) is 16.3. The van der Waals surface area contributed by atoms with Crippen molar-refractivity contribution in [2.75, 3.05) is 0 Å². The van der Waals surface area contributed by atoms with Crippen LogP contribution in [-0.2, 0) is 11.2 Å². The zero-order valence-electron chi connectivity index (χ0n) is 11.3. The highest BCUT2D eigenvalue weighted by molar-refractivity contribution is 5.94. The predicted molar refractivity (Wildman–Crippen MR) is 75.4 cm³/mol. The van der Waals surface area contributed by atoms with Crippen LogP contribution in [0.5, 0.6) is 0 Å². The van der Waals surface area contributed by atoms with Crippen molar-refractivity contribution in [3.8, 4) is 5.69 Å². The van der Waals surface area contributed by atoms with E-state index >= 15 is 0 Å². The van der Waals surface area contributed by atoms with E-state index in [1.807, 2.05) is 23.0 Å². The largest absolute Gasteiger partial charge is 0.299 e. The quantitative estimate of drug-likeness (QED) is 0.796. The van der Waals surface area contributed by atoms with Gasteiger partial charge in [0.15, 0.2) is 0 Å². The van der Waals surface area contributed by atoms with E-state index in [0.717, 1.165) is 29.8 Å². The minimum absolute atomic E-state index is 0.296. The second kappa shape index (κ2) is 3.88. The van der Waals surface area contributed by atoms with Gasteiger partial charge in [-0.15, -0.1) is 0 Å². The van der Waals surface area contributed by atoms with Crippen LogP contribution in [0.25, 0.3) is 11.8 Å². The number of allylic oxidation sites excluding steroid dienone is 1. The van der Waals surface area contributed by atoms with Crippen LogP contribution in [0.4, 0.5) is 0 Å². The third-order valence-electron chi connectivity index (χ3n) is 4.58. The average molecular weight is 265 g/mol. The number of carbonyl (C=O) groups is 1. The molecule has 2 aromatic rings. The molecule has 20 heavy (non-hydrogen) atoms. The van der Waals surface area contributed by atoms with Crippen molar-refractivity contribution in [3.05, 3.63) is 47.6 Å². The fourth-order valence-corrected chi connectivity index (χ4v) is 3.34. The van der Waals surface area contributed by atoms with E-state index in [0.29, 0.717) is 12.2 Å². The molecule has 2 aliphatic carbocycles. The van der Waals surface area contributed by atoms with Crippen molar-refractivity contribution in [1.29, 1.82) is 0 Å². The highest BCUT2D eigenvalue weighted by Gasteiger charge is 2.44. The van der Waals surface area contributed by atoms with Crippen molar-refractivity contribution >= 4 is 11.9 Å². The summed E-state index contributed by atoms with van der Waals surface area (Å²) in [6.45, 7) is 2.07. The molecule has 0 radical (unpaired) electrons. The van der Waals surface area contributed by atoms with E-state index in [9.17, 15) is 4.79 Å². The van der Waals surface area contributed by atoms with Crippen LogP contribution >= 0.6 is 0 Å². The second-order valence-corrected chi connectivity index (χ2v) is 5.78. The van der Waals surface area contributed by atoms with Gasteiger partial charge in [-0.3, -0.25) is 9.78 Å². The normalized spacial score (nSPS) is 24.2. The average Bonchev–Trinajstić information content (AvgIpc) is 2.99. The number of hydrogen-bond acceptors (Lipinski definition) is 3. The van der Waals surface area contributed by atoms with E-state index in [1.165, 1.54) is 5.57 Å². The van der Waals surface area contributed by atoms with Gasteiger partial charge in [-0.05, 0) is 43.5 Å². The summed E-state index contributed by atoms with van der Waals surface area (Å²) < 4.78 is 1.91. The fourth-order valence-electron chi connectivity index (χ4n) is 3.34. The molecule has 0 spiro atoms. The first-order valence-corrected chi connectivity index (χ1v) is 6.90. The first-order chi connectivity index (χ1) is 9.68. The van der Waals surface area contributed by atoms with E-state index < -0.39 is 0 Å². The molecule has 0 N–H and O–H groups in total. The number of pyridine rings is 1. The first-order valence-electron chi connectivity index (χ1n) is 6.90. The highest BCUT2D eigenvalue weighted by Crippen LogP contribution is 2.47. The Morgan fingerprint density at radius 3 is 3.00 bits per heavy atom. The van der Waals surface area contributed by atoms with Gasteiger partial charge < -0.3 is 0 Å². The molecule has 4 nitrogen and oxygen atoms in total. The number of fused-ring (bicyclic) bond motifs is 2. The van der Waals surface area contributed by atoms with Crippen molar-refractivity contribution in [3.63, 3.8) is 0 Å². The van der Waals surface area contributed by atoms with Gasteiger partial charge in [0.2, 0.25) is 0 Å². The third kappa shape index (κ3) is 1.45. The highest BCUT2D eigenvalue weighted by atomic mass is 16.1. The van der Waals surface area contributed by atoms with Gasteiger partial charge >= 0.3 is 0 Å². The van der Waals surface area contributed by atoms with Gasteiger partial charge in [0.25, 0.3) is 0 Å². The molecule has 0 amide bonds. The van der Waals surface area contributed by atoms with Crippen LogP contribution in [-0.4, -0.2) is 20.5 Å². The molecule has 0 saturated heterocycles. The lowest BCUT2D eigenvalue weighted by Gasteiger charge is -2.28. The number of nitrogens with zero attached hydrogens (tertiary/aromatic N) is 3. The Hall–Kier alpha value is -2.23. The number of aromatic nitrogens is 3. The lowest BCUT2D eigenvalue weighted by atomic mass is 9.74. The van der Waals surface area contributed by atoms with Crippen LogP contribution in [0.2, 0.25) is 0 Å². The smallest absolute Gasteiger partial charge is 0.143 e. The van der Waals surface area contributed by atoms with Crippen LogP contribution in [0.15, 0.2) is 36.3 Å². The molecule has 4 heteroatoms. The molecule has 0 aromatic carbocycles. The molecule has 100 valence electrons. The molecule has 2 aliphatic rings. The minimum atomic E-state index is -0.296. The monoisotopic (exact) mass is 265 g/mol. The molecule has 2 aromatic heterocycles. The van der Waals surface area contributed by atoms with Crippen LogP contribution in [0.3, 0.4) is 0 Å². The molecule has 1 saturated carbocycles. The maximum absolute atomic E-state index is 12.1. The van der Waals surface area contributed by atoms with Crippen LogP contribution in [0.1, 0.15) is 31.0 Å². The topological polar surface area (TPSA) is 47.8 Å². The molecular weight excluding hydrogens is 250 g/mol. The maximum atomic E-state index is 12.1. The van der Waals surface area contributed by atoms with Crippen LogP contribution < -0.4 is 0 Å². The lowest BCUT2D eigenvalue weighted by molar-refractivity contribution is -0.123. The van der Waals surface area contributed by atoms with E-state index in [-0.39, 0.29) is 5.41 Å². The maximum Gasteiger partial charge on any atom is 0.143 e. The van der Waals surface area contributed by atoms with Gasteiger partial charge in [0.05, 0.1) is 29.2 Å². The first kappa shape index (κ1) is 11.6. The Labute approximate surface area is 117 Å². The number of Topliss-reactive ketones (excluding diaryl/α,β-unsaturated/α-hetero) is 1. The van der Waals surface area contributed by atoms with Gasteiger partial charge in [0, 0.05) is 12.6 Å². The summed E-state index contributed by atoms with van der Waals surface area (Å²) in [6.07, 6.45) is 9.92. The third-order valence-corrected chi connectivity index (χ3v) is 4.58. The standard InChI is InChI=1S/C16H15N3O/c1-16-8-11-9-18-19(13-3-2-6-17-10-13)14(11)7-12(16)4-5-15(16)20/h2-3,6-7,9-10H,4-5,8H2,1H3/t16-/m0/s1. The zero-order valence-corrected chi connectivity index (χ0v) is 11.3. The number of ketones is 1. The fraction of sp³-hybridized carbons (Fsp3) is 0.312. The van der Waals surface area contributed by atoms with Crippen molar-refractivity contribution in [2.45, 2.75) is 26.2 Å². The summed E-state index contributed by atoms with van der Waals surface area (Å²) in [5.74, 6) is 0.364. The molecule has 0 unspecified atom stereocenters. The number of hydrogen-bond donors (Lipinski definition) is 0. The number of carbonyl (C=O) groups excluding carboxylic acids is 1. The molecule has 2 heterocycles. The Bertz CT molecular complexity index is 729. The predicted octanol–water partition coefficient (Wildman–Crippen LogP) is 2.58. The van der Waals surface area contributed by atoms with Crippen molar-refractivity contribution < 1.29 is 4.79 Å². The number of rotatable bonds is 1. The van der Waals surface area contributed by atoms with Gasteiger partial charge in [-0.1, -0.05) is 5.57 Å². The Morgan fingerprint density at radius 1 is 1.30 bits per heavy atom. The van der Waals surface area contributed by atoms with Gasteiger partial charge in [-0.2, -0.15) is 5.10 Å². The molecule has 1 atom stereocenters. The molecule has 0 bridgehead atoms. The summed E-state index contributed by atoms with van der Waals surface area (Å²) in [6, 6.07) is 3.90. The molecular formula is C16H15N3O. The lowest BCUT2D eigenvalue weighted by Crippen LogP contribution is -2.28. The van der Waals surface area contributed by atoms with Gasteiger partial charge in [-0.25, -0.2) is 4.68 Å². The Kier molecular flexibility index (Phi) is 2.25. The second-order valence-electron chi connectivity index (χ2n) is 5.78. The van der Waals surface area contributed by atoms with E-state index in [1.54, 1.807) is 12.4 Å². The molecule has 4 rings (SSSR count). The SMILES string of the molecule is C[C@]12Cc3cnn(-c4cccnc4)c3C=C1CCC2=O. The van der Waals surface area contributed by atoms with E-state index in [4.69, 9.17) is 0 Å². The Morgan fingerprint density at radius 2 is 2.20 bits per heavy atom. The molecule has 1 fully saturated rings. The Balaban J connectivity index is 1.86. The summed E-state index contributed by atoms with van der Waals surface area (Å²) >= 11 is 0. The van der Waals surface area contributed by atoms with E-state index in [2.05, 4.69) is 23.1 Å². The van der Waals surface area contributed by atoms with Crippen molar-refractivity contribution in [1.82, 2.24) is 14.8 Å². The van der Waals surface area contributed by atoms with Crippen molar-refractivity contribution in [2.24, 2.45) is 5.41 Å². The summed E-state index contributed by atoms with van der Waals surface area (Å²) in [5.41, 5.74) is 4.16.